The zero-order chi connectivity index (χ0) is 13.5. The fourth-order valence-corrected chi connectivity index (χ4v) is 3.43. The third kappa shape index (κ3) is 5.48. The van der Waals surface area contributed by atoms with Crippen LogP contribution in [0.5, 0.6) is 0 Å². The Morgan fingerprint density at radius 1 is 1.33 bits per heavy atom. The number of carbonyl (C=O) groups excluding carboxylic acids is 1. The second-order valence-corrected chi connectivity index (χ2v) is 7.21. The maximum Gasteiger partial charge on any atom is 0.235 e. The van der Waals surface area contributed by atoms with Crippen molar-refractivity contribution in [1.29, 1.82) is 0 Å². The van der Waals surface area contributed by atoms with Gasteiger partial charge in [-0.1, -0.05) is 19.3 Å². The smallest absolute Gasteiger partial charge is 0.235 e. The molecule has 5 heteroatoms. The Labute approximate surface area is 113 Å². The second kappa shape index (κ2) is 7.89. The molecular weight excluding hydrogens is 248 g/mol. The zero-order valence-corrected chi connectivity index (χ0v) is 12.3. The molecule has 1 amide bonds. The maximum absolute atomic E-state index is 12.0. The minimum absolute atomic E-state index is 0.0440. The quantitative estimate of drug-likeness (QED) is 0.767. The number of rotatable bonds is 6. The number of amides is 1. The van der Waals surface area contributed by atoms with Crippen LogP contribution < -0.4 is 11.1 Å². The van der Waals surface area contributed by atoms with E-state index in [0.717, 1.165) is 12.8 Å². The molecule has 0 aliphatic heterocycles. The van der Waals surface area contributed by atoms with Gasteiger partial charge in [-0.25, -0.2) is 0 Å². The van der Waals surface area contributed by atoms with Gasteiger partial charge in [0.1, 0.15) is 5.25 Å². The Morgan fingerprint density at radius 3 is 2.50 bits per heavy atom. The lowest BCUT2D eigenvalue weighted by atomic mass is 9.95. The molecule has 1 rings (SSSR count). The van der Waals surface area contributed by atoms with Gasteiger partial charge in [-0.3, -0.25) is 9.00 Å². The average Bonchev–Trinajstić information content (AvgIpc) is 2.36. The lowest BCUT2D eigenvalue weighted by molar-refractivity contribution is -0.121. The van der Waals surface area contributed by atoms with Gasteiger partial charge in [0, 0.05) is 28.6 Å². The molecule has 0 aromatic rings. The molecule has 0 radical (unpaired) electrons. The van der Waals surface area contributed by atoms with E-state index < -0.39 is 16.0 Å². The van der Waals surface area contributed by atoms with Crippen LogP contribution in [-0.2, 0) is 15.6 Å². The van der Waals surface area contributed by atoms with Crippen molar-refractivity contribution < 1.29 is 9.00 Å². The van der Waals surface area contributed by atoms with E-state index in [2.05, 4.69) is 5.32 Å². The molecule has 106 valence electrons. The normalized spacial score (nSPS) is 22.2. The summed E-state index contributed by atoms with van der Waals surface area (Å²) in [6.07, 6.45) is 6.46. The van der Waals surface area contributed by atoms with Crippen LogP contribution in [0.25, 0.3) is 0 Å². The van der Waals surface area contributed by atoms with Crippen molar-refractivity contribution in [2.45, 2.75) is 69.7 Å². The van der Waals surface area contributed by atoms with Crippen LogP contribution in [0.4, 0.5) is 0 Å². The number of nitrogens with two attached hydrogens (primary N) is 1. The number of hydrogen-bond acceptors (Lipinski definition) is 3. The van der Waals surface area contributed by atoms with Crippen molar-refractivity contribution in [2.75, 3.05) is 5.75 Å². The van der Waals surface area contributed by atoms with Gasteiger partial charge in [0.05, 0.1) is 0 Å². The Kier molecular flexibility index (Phi) is 6.86. The van der Waals surface area contributed by atoms with Crippen LogP contribution in [0.2, 0.25) is 0 Å². The summed E-state index contributed by atoms with van der Waals surface area (Å²) in [5.41, 5.74) is 5.63. The van der Waals surface area contributed by atoms with Gasteiger partial charge < -0.3 is 11.1 Å². The second-order valence-electron chi connectivity index (χ2n) is 5.34. The summed E-state index contributed by atoms with van der Waals surface area (Å²) >= 11 is 0. The van der Waals surface area contributed by atoms with E-state index in [4.69, 9.17) is 5.73 Å². The first-order valence-electron chi connectivity index (χ1n) is 6.94. The highest BCUT2D eigenvalue weighted by Crippen LogP contribution is 2.17. The predicted molar refractivity (Wildman–Crippen MR) is 75.8 cm³/mol. The fraction of sp³-hybridized carbons (Fsp3) is 0.923. The van der Waals surface area contributed by atoms with E-state index in [9.17, 15) is 9.00 Å². The lowest BCUT2D eigenvalue weighted by Crippen LogP contribution is -2.43. The van der Waals surface area contributed by atoms with Crippen molar-refractivity contribution in [3.05, 3.63) is 0 Å². The number of hydrogen-bond donors (Lipinski definition) is 2. The summed E-state index contributed by atoms with van der Waals surface area (Å²) in [5.74, 6) is 0.446. The van der Waals surface area contributed by atoms with E-state index in [1.54, 1.807) is 6.92 Å². The molecule has 0 spiro atoms. The van der Waals surface area contributed by atoms with Gasteiger partial charge in [0.25, 0.3) is 0 Å². The first kappa shape index (κ1) is 15.6. The monoisotopic (exact) mass is 274 g/mol. The molecule has 1 aliphatic carbocycles. The number of carbonyl (C=O) groups is 1. The maximum atomic E-state index is 12.0. The van der Waals surface area contributed by atoms with Crippen LogP contribution in [-0.4, -0.2) is 33.2 Å². The molecule has 0 saturated heterocycles. The van der Waals surface area contributed by atoms with E-state index in [0.29, 0.717) is 18.2 Å². The van der Waals surface area contributed by atoms with Gasteiger partial charge in [0.15, 0.2) is 0 Å². The van der Waals surface area contributed by atoms with Crippen LogP contribution in [0, 0.1) is 0 Å². The summed E-state index contributed by atoms with van der Waals surface area (Å²) in [6, 6.07) is 0.335. The summed E-state index contributed by atoms with van der Waals surface area (Å²) in [4.78, 5) is 12.0. The molecule has 18 heavy (non-hydrogen) atoms. The SMILES string of the molecule is CC(N)CCS(=O)C(C)C(=O)NC1CCCCC1. The molecule has 0 bridgehead atoms. The third-order valence-electron chi connectivity index (χ3n) is 3.49. The molecule has 3 unspecified atom stereocenters. The molecule has 1 saturated carbocycles. The van der Waals surface area contributed by atoms with Gasteiger partial charge in [-0.15, -0.1) is 0 Å². The Morgan fingerprint density at radius 2 is 1.94 bits per heavy atom. The molecule has 0 heterocycles. The Bertz CT molecular complexity index is 289. The summed E-state index contributed by atoms with van der Waals surface area (Å²) in [6.45, 7) is 3.64. The third-order valence-corrected chi connectivity index (χ3v) is 5.13. The van der Waals surface area contributed by atoms with E-state index in [-0.39, 0.29) is 11.9 Å². The van der Waals surface area contributed by atoms with Crippen molar-refractivity contribution in [3.8, 4) is 0 Å². The highest BCUT2D eigenvalue weighted by atomic mass is 32.2. The van der Waals surface area contributed by atoms with Crippen molar-refractivity contribution in [2.24, 2.45) is 5.73 Å². The van der Waals surface area contributed by atoms with Gasteiger partial charge in [-0.05, 0) is 33.1 Å². The summed E-state index contributed by atoms with van der Waals surface area (Å²) < 4.78 is 11.9. The molecule has 4 nitrogen and oxygen atoms in total. The van der Waals surface area contributed by atoms with Crippen LogP contribution >= 0.6 is 0 Å². The standard InChI is InChI=1S/C13H26N2O2S/c1-10(14)8-9-18(17)11(2)13(16)15-12-6-4-3-5-7-12/h10-12H,3-9,14H2,1-2H3,(H,15,16). The predicted octanol–water partition coefficient (Wildman–Crippen LogP) is 1.31. The van der Waals surface area contributed by atoms with E-state index in [1.165, 1.54) is 19.3 Å². The van der Waals surface area contributed by atoms with E-state index >= 15 is 0 Å². The van der Waals surface area contributed by atoms with Crippen molar-refractivity contribution in [1.82, 2.24) is 5.32 Å². The number of nitrogens with one attached hydrogen (secondary N) is 1. The largest absolute Gasteiger partial charge is 0.352 e. The van der Waals surface area contributed by atoms with Crippen molar-refractivity contribution >= 4 is 16.7 Å². The topological polar surface area (TPSA) is 72.2 Å². The lowest BCUT2D eigenvalue weighted by Gasteiger charge is -2.24. The molecule has 3 atom stereocenters. The van der Waals surface area contributed by atoms with Crippen LogP contribution in [0.1, 0.15) is 52.4 Å². The molecule has 1 aliphatic rings. The van der Waals surface area contributed by atoms with Gasteiger partial charge in [0.2, 0.25) is 5.91 Å². The van der Waals surface area contributed by atoms with Gasteiger partial charge in [-0.2, -0.15) is 0 Å². The van der Waals surface area contributed by atoms with Crippen LogP contribution in [0.15, 0.2) is 0 Å². The molecule has 3 N–H and O–H groups in total. The average molecular weight is 274 g/mol. The highest BCUT2D eigenvalue weighted by Gasteiger charge is 2.23. The molecule has 0 aromatic heterocycles. The Hall–Kier alpha value is -0.420. The minimum atomic E-state index is -1.11. The molecule has 1 fully saturated rings. The first-order valence-corrected chi connectivity index (χ1v) is 8.32. The zero-order valence-electron chi connectivity index (χ0n) is 11.5. The molecular formula is C13H26N2O2S. The minimum Gasteiger partial charge on any atom is -0.352 e. The van der Waals surface area contributed by atoms with Gasteiger partial charge >= 0.3 is 0 Å². The van der Waals surface area contributed by atoms with Crippen molar-refractivity contribution in [3.63, 3.8) is 0 Å². The van der Waals surface area contributed by atoms with E-state index in [1.807, 2.05) is 6.92 Å². The fourth-order valence-electron chi connectivity index (χ4n) is 2.16. The summed E-state index contributed by atoms with van der Waals surface area (Å²) in [7, 11) is -1.11. The molecule has 0 aromatic carbocycles. The van der Waals surface area contributed by atoms with Crippen LogP contribution in [0.3, 0.4) is 0 Å². The highest BCUT2D eigenvalue weighted by molar-refractivity contribution is 7.86. The Balaban J connectivity index is 2.32. The summed E-state index contributed by atoms with van der Waals surface area (Å²) in [5, 5.41) is 2.60. The first-order chi connectivity index (χ1) is 8.50.